The predicted octanol–water partition coefficient (Wildman–Crippen LogP) is 3.38. The van der Waals surface area contributed by atoms with E-state index in [0.29, 0.717) is 6.61 Å². The monoisotopic (exact) mass is 240 g/mol. The van der Waals surface area contributed by atoms with Crippen LogP contribution in [0.25, 0.3) is 0 Å². The minimum atomic E-state index is -0.248. The molecule has 0 aliphatic heterocycles. The summed E-state index contributed by atoms with van der Waals surface area (Å²) in [5.74, 6) is 3.21. The van der Waals surface area contributed by atoms with E-state index in [9.17, 15) is 4.79 Å². The molecule has 16 heavy (non-hydrogen) atoms. The van der Waals surface area contributed by atoms with Gasteiger partial charge in [-0.25, -0.2) is 4.79 Å². The van der Waals surface area contributed by atoms with Crippen LogP contribution >= 0.6 is 11.8 Å². The van der Waals surface area contributed by atoms with Crippen molar-refractivity contribution in [3.63, 3.8) is 0 Å². The summed E-state index contributed by atoms with van der Waals surface area (Å²) < 4.78 is 4.89. The number of esters is 1. The average molecular weight is 240 g/mol. The molecular weight excluding hydrogens is 220 g/mol. The highest BCUT2D eigenvalue weighted by atomic mass is 32.2. The Morgan fingerprint density at radius 2 is 2.25 bits per heavy atom. The first kappa shape index (κ1) is 15.1. The van der Waals surface area contributed by atoms with E-state index < -0.39 is 0 Å². The summed E-state index contributed by atoms with van der Waals surface area (Å²) in [6.45, 7) is 4.36. The number of allylic oxidation sites excluding steroid dienone is 1. The maximum absolute atomic E-state index is 11.3. The van der Waals surface area contributed by atoms with Crippen LogP contribution in [0.1, 0.15) is 39.5 Å². The molecule has 0 saturated carbocycles. The van der Waals surface area contributed by atoms with Crippen LogP contribution in [0.5, 0.6) is 0 Å². The second-order valence-corrected chi connectivity index (χ2v) is 4.49. The highest BCUT2D eigenvalue weighted by Crippen LogP contribution is 2.22. The van der Waals surface area contributed by atoms with Gasteiger partial charge >= 0.3 is 5.97 Å². The SMILES string of the molecule is C#CCCS/C(=C/C(=O)OCC)CCCC. The quantitative estimate of drug-likeness (QED) is 0.281. The molecular formula is C13H20O2S. The number of carbonyl (C=O) groups excluding carboxylic acids is 1. The fraction of sp³-hybridized carbons (Fsp3) is 0.615. The zero-order valence-corrected chi connectivity index (χ0v) is 10.9. The van der Waals surface area contributed by atoms with Crippen LogP contribution < -0.4 is 0 Å². The first-order chi connectivity index (χ1) is 7.74. The molecule has 0 rings (SSSR count). The molecule has 90 valence electrons. The van der Waals surface area contributed by atoms with E-state index in [2.05, 4.69) is 12.8 Å². The Hall–Kier alpha value is -0.880. The maximum Gasteiger partial charge on any atom is 0.331 e. The number of ether oxygens (including phenoxy) is 1. The molecule has 2 nitrogen and oxygen atoms in total. The third-order valence-electron chi connectivity index (χ3n) is 1.88. The zero-order chi connectivity index (χ0) is 12.2. The van der Waals surface area contributed by atoms with Gasteiger partial charge in [0, 0.05) is 18.2 Å². The third-order valence-corrected chi connectivity index (χ3v) is 2.98. The molecule has 0 amide bonds. The Balaban J connectivity index is 4.17. The number of rotatable bonds is 8. The number of thioether (sulfide) groups is 1. The van der Waals surface area contributed by atoms with Crippen molar-refractivity contribution >= 4 is 17.7 Å². The first-order valence-corrected chi connectivity index (χ1v) is 6.66. The lowest BCUT2D eigenvalue weighted by atomic mass is 10.2. The summed E-state index contributed by atoms with van der Waals surface area (Å²) in [6, 6.07) is 0. The topological polar surface area (TPSA) is 26.3 Å². The Bertz CT molecular complexity index is 264. The largest absolute Gasteiger partial charge is 0.463 e. The van der Waals surface area contributed by atoms with Crippen molar-refractivity contribution in [2.45, 2.75) is 39.5 Å². The smallest absolute Gasteiger partial charge is 0.331 e. The Labute approximate surface area is 103 Å². The van der Waals surface area contributed by atoms with Gasteiger partial charge in [0.05, 0.1) is 6.61 Å². The summed E-state index contributed by atoms with van der Waals surface area (Å²) in [5.41, 5.74) is 0. The van der Waals surface area contributed by atoms with Crippen LogP contribution in [0.15, 0.2) is 11.0 Å². The van der Waals surface area contributed by atoms with Gasteiger partial charge in [-0.15, -0.1) is 24.1 Å². The van der Waals surface area contributed by atoms with E-state index in [-0.39, 0.29) is 5.97 Å². The first-order valence-electron chi connectivity index (χ1n) is 5.68. The number of hydrogen-bond donors (Lipinski definition) is 0. The Morgan fingerprint density at radius 1 is 1.50 bits per heavy atom. The van der Waals surface area contributed by atoms with Gasteiger partial charge < -0.3 is 4.74 Å². The summed E-state index contributed by atoms with van der Waals surface area (Å²) in [4.78, 5) is 12.4. The van der Waals surface area contributed by atoms with E-state index in [4.69, 9.17) is 11.2 Å². The van der Waals surface area contributed by atoms with E-state index in [1.165, 1.54) is 0 Å². The van der Waals surface area contributed by atoms with Crippen molar-refractivity contribution < 1.29 is 9.53 Å². The second-order valence-electron chi connectivity index (χ2n) is 3.27. The molecule has 0 aromatic carbocycles. The van der Waals surface area contributed by atoms with Crippen LogP contribution in [0.3, 0.4) is 0 Å². The summed E-state index contributed by atoms with van der Waals surface area (Å²) >= 11 is 1.66. The molecule has 0 aliphatic carbocycles. The molecule has 0 radical (unpaired) electrons. The van der Waals surface area contributed by atoms with Crippen molar-refractivity contribution in [1.82, 2.24) is 0 Å². The van der Waals surface area contributed by atoms with E-state index in [1.807, 2.05) is 6.92 Å². The van der Waals surface area contributed by atoms with Gasteiger partial charge in [0.2, 0.25) is 0 Å². The van der Waals surface area contributed by atoms with Crippen LogP contribution in [-0.2, 0) is 9.53 Å². The lowest BCUT2D eigenvalue weighted by Crippen LogP contribution is -2.00. The predicted molar refractivity (Wildman–Crippen MR) is 70.1 cm³/mol. The number of unbranched alkanes of at least 4 members (excludes halogenated alkanes) is 1. The van der Waals surface area contributed by atoms with Crippen molar-refractivity contribution in [3.8, 4) is 12.3 Å². The molecule has 0 spiro atoms. The molecule has 0 aliphatic rings. The van der Waals surface area contributed by atoms with Gasteiger partial charge in [-0.2, -0.15) is 0 Å². The molecule has 0 saturated heterocycles. The minimum absolute atomic E-state index is 0.248. The molecule has 0 aromatic heterocycles. The standard InChI is InChI=1S/C13H20O2S/c1-4-7-9-12(16-10-8-5-2)11-13(14)15-6-3/h2,11H,4,6-10H2,1,3H3/b12-11+. The number of terminal acetylenes is 1. The van der Waals surface area contributed by atoms with Gasteiger partial charge in [-0.3, -0.25) is 0 Å². The lowest BCUT2D eigenvalue weighted by Gasteiger charge is -2.05. The van der Waals surface area contributed by atoms with Gasteiger partial charge in [0.25, 0.3) is 0 Å². The highest BCUT2D eigenvalue weighted by molar-refractivity contribution is 8.03. The van der Waals surface area contributed by atoms with Crippen LogP contribution in [0.2, 0.25) is 0 Å². The van der Waals surface area contributed by atoms with Crippen LogP contribution in [-0.4, -0.2) is 18.3 Å². The normalized spacial score (nSPS) is 10.9. The lowest BCUT2D eigenvalue weighted by molar-refractivity contribution is -0.137. The fourth-order valence-corrected chi connectivity index (χ4v) is 2.04. The van der Waals surface area contributed by atoms with E-state index >= 15 is 0 Å². The minimum Gasteiger partial charge on any atom is -0.463 e. The molecule has 0 heterocycles. The van der Waals surface area contributed by atoms with Gasteiger partial charge in [0.15, 0.2) is 0 Å². The average Bonchev–Trinajstić information content (AvgIpc) is 2.26. The van der Waals surface area contributed by atoms with Gasteiger partial charge in [-0.1, -0.05) is 13.3 Å². The zero-order valence-electron chi connectivity index (χ0n) is 10.1. The van der Waals surface area contributed by atoms with Crippen molar-refractivity contribution in [1.29, 1.82) is 0 Å². The third kappa shape index (κ3) is 8.43. The van der Waals surface area contributed by atoms with Crippen molar-refractivity contribution in [2.24, 2.45) is 0 Å². The van der Waals surface area contributed by atoms with Gasteiger partial charge in [0.1, 0.15) is 0 Å². The fourth-order valence-electron chi connectivity index (χ4n) is 1.09. The molecule has 0 aromatic rings. The molecule has 0 N–H and O–H groups in total. The van der Waals surface area contributed by atoms with Gasteiger partial charge in [-0.05, 0) is 24.7 Å². The molecule has 0 bridgehead atoms. The van der Waals surface area contributed by atoms with Crippen LogP contribution in [0, 0.1) is 12.3 Å². The Kier molecular flexibility index (Phi) is 10.0. The molecule has 3 heteroatoms. The van der Waals surface area contributed by atoms with E-state index in [1.54, 1.807) is 17.8 Å². The highest BCUT2D eigenvalue weighted by Gasteiger charge is 2.03. The molecule has 0 fully saturated rings. The maximum atomic E-state index is 11.3. The molecule has 0 unspecified atom stereocenters. The van der Waals surface area contributed by atoms with Crippen molar-refractivity contribution in [2.75, 3.05) is 12.4 Å². The second kappa shape index (κ2) is 10.6. The number of hydrogen-bond acceptors (Lipinski definition) is 3. The summed E-state index contributed by atoms with van der Waals surface area (Å²) in [5, 5.41) is 0. The summed E-state index contributed by atoms with van der Waals surface area (Å²) in [7, 11) is 0. The van der Waals surface area contributed by atoms with Crippen LogP contribution in [0.4, 0.5) is 0 Å². The van der Waals surface area contributed by atoms with Crippen molar-refractivity contribution in [3.05, 3.63) is 11.0 Å². The summed E-state index contributed by atoms with van der Waals surface area (Å²) in [6.07, 6.45) is 10.7. The Morgan fingerprint density at radius 3 is 2.81 bits per heavy atom. The number of carbonyl (C=O) groups is 1. The molecule has 0 atom stereocenters. The van der Waals surface area contributed by atoms with E-state index in [0.717, 1.165) is 36.3 Å².